The van der Waals surface area contributed by atoms with E-state index >= 15 is 0 Å². The van der Waals surface area contributed by atoms with Crippen molar-refractivity contribution < 1.29 is 26.7 Å². The first-order valence-corrected chi connectivity index (χ1v) is 11.5. The zero-order valence-electron chi connectivity index (χ0n) is 14.8. The Morgan fingerprint density at radius 3 is 2.34 bits per heavy atom. The van der Waals surface area contributed by atoms with Gasteiger partial charge in [-0.25, -0.2) is 16.8 Å². The van der Waals surface area contributed by atoms with Crippen LogP contribution in [0.3, 0.4) is 0 Å². The average Bonchev–Trinajstić information content (AvgIpc) is 2.56. The van der Waals surface area contributed by atoms with Crippen LogP contribution in [0, 0.1) is 11.3 Å². The number of amides is 1. The molecule has 0 saturated heterocycles. The van der Waals surface area contributed by atoms with Crippen molar-refractivity contribution in [2.24, 2.45) is 0 Å². The third kappa shape index (κ3) is 6.24. The first kappa shape index (κ1) is 22.3. The molecule has 0 aliphatic rings. The second-order valence-corrected chi connectivity index (χ2v) is 9.55. The van der Waals surface area contributed by atoms with Crippen LogP contribution in [-0.4, -0.2) is 34.1 Å². The summed E-state index contributed by atoms with van der Waals surface area (Å²) in [4.78, 5) is 11.0. The van der Waals surface area contributed by atoms with Gasteiger partial charge in [0, 0.05) is 6.07 Å². The van der Waals surface area contributed by atoms with Crippen LogP contribution in [0.5, 0.6) is 5.75 Å². The van der Waals surface area contributed by atoms with Crippen molar-refractivity contribution in [1.82, 2.24) is 0 Å². The number of sulfonamides is 2. The maximum Gasteiger partial charge on any atom is 0.263 e. The number of nitrogens with zero attached hydrogens (tertiary/aromatic N) is 1. The Morgan fingerprint density at radius 1 is 1.14 bits per heavy atom. The third-order valence-electron chi connectivity index (χ3n) is 3.27. The number of rotatable bonds is 7. The number of carbonyl (C=O) groups is 1. The minimum Gasteiger partial charge on any atom is -0.506 e. The minimum absolute atomic E-state index is 0.0422. The van der Waals surface area contributed by atoms with E-state index in [2.05, 4.69) is 14.8 Å². The van der Waals surface area contributed by atoms with Crippen LogP contribution in [0.25, 0.3) is 0 Å². The molecule has 1 amide bonds. The molecule has 0 bridgehead atoms. The van der Waals surface area contributed by atoms with Crippen molar-refractivity contribution in [3.8, 4) is 11.8 Å². The number of aromatic hydroxyl groups is 1. The predicted molar refractivity (Wildman–Crippen MR) is 108 cm³/mol. The molecule has 0 heterocycles. The van der Waals surface area contributed by atoms with Gasteiger partial charge in [-0.2, -0.15) is 5.26 Å². The lowest BCUT2D eigenvalue weighted by atomic mass is 10.3. The molecule has 0 spiro atoms. The standard InChI is InChI=1S/C16H15ClN4O6S2/c1-28(24,25)20-10-3-2-4-11(7-10)21-29(26,27)15-9-14(22)13(8-12(15)17)19-16(23)5-6-18/h2-4,7-9,20-22H,5H2,1H3,(H,19,23). The van der Waals surface area contributed by atoms with Crippen molar-refractivity contribution >= 4 is 54.6 Å². The molecule has 0 radical (unpaired) electrons. The van der Waals surface area contributed by atoms with Gasteiger partial charge in [0.25, 0.3) is 10.0 Å². The molecule has 0 fully saturated rings. The van der Waals surface area contributed by atoms with Crippen LogP contribution in [0.15, 0.2) is 41.3 Å². The monoisotopic (exact) mass is 458 g/mol. The molecular weight excluding hydrogens is 444 g/mol. The zero-order valence-corrected chi connectivity index (χ0v) is 17.2. The van der Waals surface area contributed by atoms with E-state index in [1.807, 2.05) is 0 Å². The number of halogens is 1. The van der Waals surface area contributed by atoms with E-state index in [0.29, 0.717) is 0 Å². The van der Waals surface area contributed by atoms with Crippen molar-refractivity contribution in [2.75, 3.05) is 21.0 Å². The normalized spacial score (nSPS) is 11.3. The van der Waals surface area contributed by atoms with E-state index in [1.165, 1.54) is 24.3 Å². The molecule has 2 rings (SSSR count). The summed E-state index contributed by atoms with van der Waals surface area (Å²) < 4.78 is 52.3. The lowest BCUT2D eigenvalue weighted by Crippen LogP contribution is -2.15. The summed E-state index contributed by atoms with van der Waals surface area (Å²) in [6, 6.07) is 8.99. The molecule has 13 heteroatoms. The van der Waals surface area contributed by atoms with E-state index in [1.54, 1.807) is 6.07 Å². The molecule has 0 unspecified atom stereocenters. The summed E-state index contributed by atoms with van der Waals surface area (Å²) in [6.07, 6.45) is 0.486. The largest absolute Gasteiger partial charge is 0.506 e. The fourth-order valence-corrected chi connectivity index (χ4v) is 4.34. The highest BCUT2D eigenvalue weighted by Crippen LogP contribution is 2.34. The molecule has 0 aromatic heterocycles. The highest BCUT2D eigenvalue weighted by molar-refractivity contribution is 7.93. The Bertz CT molecular complexity index is 1210. The van der Waals surface area contributed by atoms with Crippen LogP contribution in [0.2, 0.25) is 5.02 Å². The second-order valence-electron chi connectivity index (χ2n) is 5.74. The van der Waals surface area contributed by atoms with E-state index in [4.69, 9.17) is 16.9 Å². The van der Waals surface area contributed by atoms with Gasteiger partial charge >= 0.3 is 0 Å². The van der Waals surface area contributed by atoms with Crippen molar-refractivity contribution in [3.63, 3.8) is 0 Å². The summed E-state index contributed by atoms with van der Waals surface area (Å²) in [5.41, 5.74) is 0.0198. The first-order chi connectivity index (χ1) is 13.4. The number of benzene rings is 2. The lowest BCUT2D eigenvalue weighted by molar-refractivity contribution is -0.115. The molecule has 2 aromatic carbocycles. The highest BCUT2D eigenvalue weighted by atomic mass is 35.5. The molecule has 0 atom stereocenters. The van der Waals surface area contributed by atoms with Gasteiger partial charge in [0.1, 0.15) is 17.1 Å². The quantitative estimate of drug-likeness (QED) is 0.461. The van der Waals surface area contributed by atoms with Crippen LogP contribution >= 0.6 is 11.6 Å². The molecule has 2 aromatic rings. The molecular formula is C16H15ClN4O6S2. The van der Waals surface area contributed by atoms with Gasteiger partial charge in [0.05, 0.1) is 34.4 Å². The first-order valence-electron chi connectivity index (χ1n) is 7.71. The summed E-state index contributed by atoms with van der Waals surface area (Å²) in [6.45, 7) is 0. The zero-order chi connectivity index (χ0) is 21.8. The molecule has 10 nitrogen and oxygen atoms in total. The lowest BCUT2D eigenvalue weighted by Gasteiger charge is -2.13. The van der Waals surface area contributed by atoms with Crippen LogP contribution in [0.4, 0.5) is 17.1 Å². The number of nitriles is 1. The van der Waals surface area contributed by atoms with E-state index < -0.39 is 43.0 Å². The van der Waals surface area contributed by atoms with Crippen LogP contribution in [0.1, 0.15) is 6.42 Å². The molecule has 0 aliphatic carbocycles. The third-order valence-corrected chi connectivity index (χ3v) is 5.72. The maximum atomic E-state index is 12.6. The maximum absolute atomic E-state index is 12.6. The van der Waals surface area contributed by atoms with E-state index in [0.717, 1.165) is 18.4 Å². The van der Waals surface area contributed by atoms with Crippen molar-refractivity contribution in [1.29, 1.82) is 5.26 Å². The topological polar surface area (TPSA) is 165 Å². The predicted octanol–water partition coefficient (Wildman–Crippen LogP) is 2.07. The van der Waals surface area contributed by atoms with Gasteiger partial charge in [-0.15, -0.1) is 0 Å². The fraction of sp³-hybridized carbons (Fsp3) is 0.125. The summed E-state index contributed by atoms with van der Waals surface area (Å²) in [5, 5.41) is 20.4. The van der Waals surface area contributed by atoms with Crippen molar-refractivity contribution in [3.05, 3.63) is 41.4 Å². The number of nitrogens with one attached hydrogen (secondary N) is 3. The Labute approximate surface area is 172 Å². The van der Waals surface area contributed by atoms with Gasteiger partial charge in [0.2, 0.25) is 15.9 Å². The molecule has 0 aliphatic heterocycles. The Kier molecular flexibility index (Phi) is 6.58. The fourth-order valence-electron chi connectivity index (χ4n) is 2.19. The van der Waals surface area contributed by atoms with Gasteiger partial charge in [0.15, 0.2) is 0 Å². The molecule has 4 N–H and O–H groups in total. The SMILES string of the molecule is CS(=O)(=O)Nc1cccc(NS(=O)(=O)c2cc(O)c(NC(=O)CC#N)cc2Cl)c1. The van der Waals surface area contributed by atoms with Gasteiger partial charge in [-0.1, -0.05) is 17.7 Å². The number of hydrogen-bond donors (Lipinski definition) is 4. The average molecular weight is 459 g/mol. The Balaban J connectivity index is 2.32. The minimum atomic E-state index is -4.27. The van der Waals surface area contributed by atoms with E-state index in [-0.39, 0.29) is 22.1 Å². The summed E-state index contributed by atoms with van der Waals surface area (Å²) in [7, 11) is -7.82. The second kappa shape index (κ2) is 8.56. The smallest absolute Gasteiger partial charge is 0.263 e. The van der Waals surface area contributed by atoms with Crippen LogP contribution in [-0.2, 0) is 24.8 Å². The number of phenols is 1. The summed E-state index contributed by atoms with van der Waals surface area (Å²) in [5.74, 6) is -1.28. The summed E-state index contributed by atoms with van der Waals surface area (Å²) >= 11 is 5.99. The van der Waals surface area contributed by atoms with Crippen LogP contribution < -0.4 is 14.8 Å². The number of hydrogen-bond acceptors (Lipinski definition) is 7. The highest BCUT2D eigenvalue weighted by Gasteiger charge is 2.22. The molecule has 154 valence electrons. The van der Waals surface area contributed by atoms with Gasteiger partial charge in [-0.05, 0) is 24.3 Å². The molecule has 29 heavy (non-hydrogen) atoms. The molecule has 0 saturated carbocycles. The number of carbonyl (C=O) groups excluding carboxylic acids is 1. The van der Waals surface area contributed by atoms with E-state index in [9.17, 15) is 26.7 Å². The van der Waals surface area contributed by atoms with Crippen molar-refractivity contribution in [2.45, 2.75) is 11.3 Å². The number of phenolic OH excluding ortho intramolecular Hbond substituents is 1. The van der Waals surface area contributed by atoms with Gasteiger partial charge < -0.3 is 10.4 Å². The number of anilines is 3. The Morgan fingerprint density at radius 2 is 1.76 bits per heavy atom. The Hall–Kier alpha value is -3.01. The van der Waals surface area contributed by atoms with Gasteiger partial charge in [-0.3, -0.25) is 14.2 Å².